The van der Waals surface area contributed by atoms with Gasteiger partial charge < -0.3 is 0 Å². The standard InChI is InChI=1S/C6H13NO2S/c1-6(2,3)4-5-7-10(8)9/h4-5,7H,1-3H3,(H,8,9). The van der Waals surface area contributed by atoms with Crippen molar-refractivity contribution in [2.75, 3.05) is 0 Å². The van der Waals surface area contributed by atoms with Crippen LogP contribution < -0.4 is 4.72 Å². The molecular formula is C6H13NO2S. The third-order valence-electron chi connectivity index (χ3n) is 0.752. The van der Waals surface area contributed by atoms with Crippen LogP contribution in [-0.4, -0.2) is 8.76 Å². The van der Waals surface area contributed by atoms with Crippen LogP contribution in [-0.2, 0) is 11.3 Å². The van der Waals surface area contributed by atoms with E-state index in [-0.39, 0.29) is 5.41 Å². The fraction of sp³-hybridized carbons (Fsp3) is 0.667. The minimum absolute atomic E-state index is 0.0480. The van der Waals surface area contributed by atoms with Gasteiger partial charge in [0.2, 0.25) is 0 Å². The van der Waals surface area contributed by atoms with Gasteiger partial charge in [0.1, 0.15) is 0 Å². The molecule has 10 heavy (non-hydrogen) atoms. The minimum atomic E-state index is -1.94. The third-order valence-corrected chi connectivity index (χ3v) is 1.09. The first-order valence-corrected chi connectivity index (χ1v) is 4.07. The van der Waals surface area contributed by atoms with Gasteiger partial charge in [0.05, 0.1) is 0 Å². The van der Waals surface area contributed by atoms with E-state index in [2.05, 4.69) is 4.72 Å². The molecule has 0 aliphatic carbocycles. The summed E-state index contributed by atoms with van der Waals surface area (Å²) >= 11 is -1.94. The van der Waals surface area contributed by atoms with Gasteiger partial charge in [-0.05, 0) is 5.41 Å². The Morgan fingerprint density at radius 1 is 1.50 bits per heavy atom. The summed E-state index contributed by atoms with van der Waals surface area (Å²) in [6.07, 6.45) is 3.30. The lowest BCUT2D eigenvalue weighted by molar-refractivity contribution is 0.539. The van der Waals surface area contributed by atoms with Crippen molar-refractivity contribution in [3.63, 3.8) is 0 Å². The van der Waals surface area contributed by atoms with Crippen LogP contribution in [0.1, 0.15) is 20.8 Å². The van der Waals surface area contributed by atoms with E-state index < -0.39 is 11.3 Å². The molecule has 0 aromatic carbocycles. The molecule has 60 valence electrons. The number of rotatable bonds is 2. The highest BCUT2D eigenvalue weighted by Crippen LogP contribution is 2.13. The van der Waals surface area contributed by atoms with E-state index in [1.807, 2.05) is 26.8 Å². The SMILES string of the molecule is CC(C)(C)C=CNS(=O)O. The Kier molecular flexibility index (Phi) is 3.60. The summed E-state index contributed by atoms with van der Waals surface area (Å²) in [4.78, 5) is 0. The Bertz CT molecular complexity index is 148. The van der Waals surface area contributed by atoms with Gasteiger partial charge in [-0.2, -0.15) is 0 Å². The Hall–Kier alpha value is -0.350. The van der Waals surface area contributed by atoms with E-state index in [0.717, 1.165) is 0 Å². The van der Waals surface area contributed by atoms with Crippen LogP contribution in [0.15, 0.2) is 12.3 Å². The molecule has 0 spiro atoms. The number of hydrogen-bond donors (Lipinski definition) is 2. The van der Waals surface area contributed by atoms with E-state index >= 15 is 0 Å². The van der Waals surface area contributed by atoms with E-state index in [9.17, 15) is 4.21 Å². The fourth-order valence-corrected chi connectivity index (χ4v) is 0.527. The maximum Gasteiger partial charge on any atom is 0.258 e. The Balaban J connectivity index is 3.67. The molecule has 0 aliphatic rings. The zero-order valence-corrected chi connectivity index (χ0v) is 7.23. The van der Waals surface area contributed by atoms with Gasteiger partial charge in [0.15, 0.2) is 0 Å². The maximum absolute atomic E-state index is 10.0. The summed E-state index contributed by atoms with van der Waals surface area (Å²) in [6.45, 7) is 6.02. The van der Waals surface area contributed by atoms with Crippen LogP contribution in [0.3, 0.4) is 0 Å². The van der Waals surface area contributed by atoms with E-state index in [0.29, 0.717) is 0 Å². The number of allylic oxidation sites excluding steroid dienone is 1. The average Bonchev–Trinajstić information content (AvgIpc) is 1.59. The second-order valence-electron chi connectivity index (χ2n) is 3.07. The monoisotopic (exact) mass is 163 g/mol. The van der Waals surface area contributed by atoms with Gasteiger partial charge in [0.25, 0.3) is 11.3 Å². The summed E-state index contributed by atoms with van der Waals surface area (Å²) in [5, 5.41) is 0. The first-order valence-electron chi connectivity index (χ1n) is 2.96. The molecule has 0 saturated heterocycles. The van der Waals surface area contributed by atoms with Gasteiger partial charge >= 0.3 is 0 Å². The highest BCUT2D eigenvalue weighted by molar-refractivity contribution is 7.77. The Labute approximate surface area is 63.9 Å². The van der Waals surface area contributed by atoms with Crippen molar-refractivity contribution >= 4 is 11.3 Å². The van der Waals surface area contributed by atoms with Crippen LogP contribution in [0.2, 0.25) is 0 Å². The largest absolute Gasteiger partial charge is 0.290 e. The topological polar surface area (TPSA) is 49.3 Å². The highest BCUT2D eigenvalue weighted by atomic mass is 32.2. The number of hydrogen-bond acceptors (Lipinski definition) is 1. The molecule has 0 rings (SSSR count). The van der Waals surface area contributed by atoms with Crippen molar-refractivity contribution in [2.45, 2.75) is 20.8 Å². The van der Waals surface area contributed by atoms with Crippen LogP contribution in [0.25, 0.3) is 0 Å². The predicted octanol–water partition coefficient (Wildman–Crippen LogP) is 1.27. The van der Waals surface area contributed by atoms with Gasteiger partial charge in [-0.15, -0.1) is 0 Å². The second kappa shape index (κ2) is 3.73. The Morgan fingerprint density at radius 3 is 2.30 bits per heavy atom. The molecule has 0 heterocycles. The van der Waals surface area contributed by atoms with Crippen molar-refractivity contribution in [3.05, 3.63) is 12.3 Å². The second-order valence-corrected chi connectivity index (χ2v) is 3.80. The average molecular weight is 163 g/mol. The van der Waals surface area contributed by atoms with Gasteiger partial charge in [-0.3, -0.25) is 9.27 Å². The van der Waals surface area contributed by atoms with Crippen LogP contribution in [0.5, 0.6) is 0 Å². The predicted molar refractivity (Wildman–Crippen MR) is 42.5 cm³/mol. The molecule has 1 unspecified atom stereocenters. The van der Waals surface area contributed by atoms with Gasteiger partial charge in [-0.25, -0.2) is 4.21 Å². The van der Waals surface area contributed by atoms with Crippen molar-refractivity contribution in [1.29, 1.82) is 0 Å². The van der Waals surface area contributed by atoms with Crippen molar-refractivity contribution in [2.24, 2.45) is 5.41 Å². The quantitative estimate of drug-likeness (QED) is 0.602. The van der Waals surface area contributed by atoms with Crippen LogP contribution in [0.4, 0.5) is 0 Å². The Morgan fingerprint density at radius 2 is 2.00 bits per heavy atom. The molecule has 0 aromatic rings. The smallest absolute Gasteiger partial charge is 0.258 e. The van der Waals surface area contributed by atoms with Gasteiger partial charge in [-0.1, -0.05) is 26.8 Å². The summed E-state index contributed by atoms with van der Waals surface area (Å²) in [5.74, 6) is 0. The van der Waals surface area contributed by atoms with E-state index in [4.69, 9.17) is 4.55 Å². The summed E-state index contributed by atoms with van der Waals surface area (Å²) in [5.41, 5.74) is 0.0480. The lowest BCUT2D eigenvalue weighted by Gasteiger charge is -2.10. The first kappa shape index (κ1) is 9.65. The zero-order valence-electron chi connectivity index (χ0n) is 6.42. The lowest BCUT2D eigenvalue weighted by Crippen LogP contribution is -2.09. The third kappa shape index (κ3) is 7.65. The van der Waals surface area contributed by atoms with E-state index in [1.165, 1.54) is 6.20 Å². The van der Waals surface area contributed by atoms with E-state index in [1.54, 1.807) is 0 Å². The summed E-state index contributed by atoms with van der Waals surface area (Å²) < 4.78 is 20.5. The number of nitrogens with one attached hydrogen (secondary N) is 1. The summed E-state index contributed by atoms with van der Waals surface area (Å²) in [7, 11) is 0. The molecule has 0 amide bonds. The minimum Gasteiger partial charge on any atom is -0.290 e. The highest BCUT2D eigenvalue weighted by Gasteiger charge is 2.02. The zero-order chi connectivity index (χ0) is 8.20. The van der Waals surface area contributed by atoms with Crippen LogP contribution >= 0.6 is 0 Å². The molecule has 0 fully saturated rings. The molecule has 1 atom stereocenters. The van der Waals surface area contributed by atoms with Crippen molar-refractivity contribution in [3.8, 4) is 0 Å². The van der Waals surface area contributed by atoms with Crippen LogP contribution in [0, 0.1) is 5.41 Å². The van der Waals surface area contributed by atoms with Crippen molar-refractivity contribution in [1.82, 2.24) is 4.72 Å². The summed E-state index contributed by atoms with van der Waals surface area (Å²) in [6, 6.07) is 0. The van der Waals surface area contributed by atoms with Crippen molar-refractivity contribution < 1.29 is 8.76 Å². The molecule has 3 nitrogen and oxygen atoms in total. The fourth-order valence-electron chi connectivity index (χ4n) is 0.342. The molecule has 0 aromatic heterocycles. The maximum atomic E-state index is 10.0. The first-order chi connectivity index (χ1) is 4.42. The lowest BCUT2D eigenvalue weighted by atomic mass is 9.97. The molecule has 0 aliphatic heterocycles. The molecule has 4 heteroatoms. The molecular weight excluding hydrogens is 150 g/mol. The normalized spacial score (nSPS) is 15.6. The van der Waals surface area contributed by atoms with Gasteiger partial charge in [0, 0.05) is 6.20 Å². The molecule has 0 radical (unpaired) electrons. The molecule has 2 N–H and O–H groups in total. The molecule has 0 bridgehead atoms. The molecule has 0 saturated carbocycles.